The molecule has 20 heavy (non-hydrogen) atoms. The lowest BCUT2D eigenvalue weighted by molar-refractivity contribution is -0.116. The molecule has 0 aliphatic rings. The molecule has 3 N–H and O–H groups in total. The number of nitrogens with one attached hydrogen (secondary N) is 1. The number of carbonyl (C=O) groups is 1. The van der Waals surface area contributed by atoms with Crippen molar-refractivity contribution < 1.29 is 9.21 Å². The molecule has 0 saturated heterocycles. The molecular formula is C15H19N3O2. The summed E-state index contributed by atoms with van der Waals surface area (Å²) in [6.45, 7) is 4.30. The van der Waals surface area contributed by atoms with Gasteiger partial charge in [-0.25, -0.2) is 4.98 Å². The minimum Gasteiger partial charge on any atom is -0.441 e. The van der Waals surface area contributed by atoms with Gasteiger partial charge in [-0.1, -0.05) is 6.07 Å². The SMILES string of the molecule is Cc1nc(-c2cccc(NC(=O)CCCN)c2)oc1C. The number of anilines is 1. The molecule has 0 unspecified atom stereocenters. The lowest BCUT2D eigenvalue weighted by atomic mass is 10.2. The molecule has 2 rings (SSSR count). The smallest absolute Gasteiger partial charge is 0.226 e. The van der Waals surface area contributed by atoms with Crippen LogP contribution in [0.3, 0.4) is 0 Å². The summed E-state index contributed by atoms with van der Waals surface area (Å²) in [6.07, 6.45) is 1.11. The van der Waals surface area contributed by atoms with Crippen molar-refractivity contribution in [2.24, 2.45) is 5.73 Å². The maximum Gasteiger partial charge on any atom is 0.226 e. The third kappa shape index (κ3) is 3.45. The van der Waals surface area contributed by atoms with E-state index in [0.717, 1.165) is 22.7 Å². The molecule has 0 fully saturated rings. The first kappa shape index (κ1) is 14.3. The van der Waals surface area contributed by atoms with E-state index in [9.17, 15) is 4.79 Å². The van der Waals surface area contributed by atoms with Gasteiger partial charge in [-0.05, 0) is 45.0 Å². The van der Waals surface area contributed by atoms with Gasteiger partial charge < -0.3 is 15.5 Å². The Balaban J connectivity index is 2.13. The molecule has 0 spiro atoms. The zero-order chi connectivity index (χ0) is 14.5. The Morgan fingerprint density at radius 1 is 1.40 bits per heavy atom. The van der Waals surface area contributed by atoms with Crippen LogP contribution in [0.4, 0.5) is 5.69 Å². The number of nitrogens with two attached hydrogens (primary N) is 1. The van der Waals surface area contributed by atoms with E-state index >= 15 is 0 Å². The second kappa shape index (κ2) is 6.34. The molecule has 0 atom stereocenters. The minimum absolute atomic E-state index is 0.0348. The van der Waals surface area contributed by atoms with Crippen LogP contribution in [-0.2, 0) is 4.79 Å². The second-order valence-corrected chi connectivity index (χ2v) is 4.68. The van der Waals surface area contributed by atoms with Gasteiger partial charge in [0.05, 0.1) is 5.69 Å². The fourth-order valence-corrected chi connectivity index (χ4v) is 1.81. The summed E-state index contributed by atoms with van der Waals surface area (Å²) in [5, 5.41) is 2.84. The predicted molar refractivity (Wildman–Crippen MR) is 78.3 cm³/mol. The van der Waals surface area contributed by atoms with Crippen LogP contribution in [0.2, 0.25) is 0 Å². The Kier molecular flexibility index (Phi) is 4.53. The second-order valence-electron chi connectivity index (χ2n) is 4.68. The summed E-state index contributed by atoms with van der Waals surface area (Å²) >= 11 is 0. The van der Waals surface area contributed by atoms with E-state index in [0.29, 0.717) is 25.3 Å². The number of nitrogens with zero attached hydrogens (tertiary/aromatic N) is 1. The maximum atomic E-state index is 11.7. The van der Waals surface area contributed by atoms with Gasteiger partial charge in [0.2, 0.25) is 11.8 Å². The number of amides is 1. The van der Waals surface area contributed by atoms with Gasteiger partial charge in [-0.3, -0.25) is 4.79 Å². The summed E-state index contributed by atoms with van der Waals surface area (Å²) < 4.78 is 5.58. The van der Waals surface area contributed by atoms with Crippen LogP contribution < -0.4 is 11.1 Å². The minimum atomic E-state index is -0.0348. The van der Waals surface area contributed by atoms with Crippen LogP contribution in [0.5, 0.6) is 0 Å². The number of rotatable bonds is 5. The predicted octanol–water partition coefficient (Wildman–Crippen LogP) is 2.64. The number of carbonyl (C=O) groups excluding carboxylic acids is 1. The fourth-order valence-electron chi connectivity index (χ4n) is 1.81. The zero-order valence-corrected chi connectivity index (χ0v) is 11.8. The molecule has 5 nitrogen and oxygen atoms in total. The van der Waals surface area contributed by atoms with Crippen molar-refractivity contribution in [2.45, 2.75) is 26.7 Å². The van der Waals surface area contributed by atoms with Gasteiger partial charge in [-0.15, -0.1) is 0 Å². The highest BCUT2D eigenvalue weighted by molar-refractivity contribution is 5.91. The molecule has 1 aromatic heterocycles. The van der Waals surface area contributed by atoms with Crippen LogP contribution in [0.25, 0.3) is 11.5 Å². The van der Waals surface area contributed by atoms with E-state index in [1.54, 1.807) is 0 Å². The van der Waals surface area contributed by atoms with Gasteiger partial charge in [0, 0.05) is 17.7 Å². The number of aryl methyl sites for hydroxylation is 2. The number of aromatic nitrogens is 1. The average molecular weight is 273 g/mol. The van der Waals surface area contributed by atoms with E-state index in [-0.39, 0.29) is 5.91 Å². The monoisotopic (exact) mass is 273 g/mol. The quantitative estimate of drug-likeness (QED) is 0.877. The summed E-state index contributed by atoms with van der Waals surface area (Å²) in [5.41, 5.74) is 7.84. The summed E-state index contributed by atoms with van der Waals surface area (Å²) in [7, 11) is 0. The molecule has 0 bridgehead atoms. The first-order chi connectivity index (χ1) is 9.60. The molecule has 106 valence electrons. The molecule has 5 heteroatoms. The highest BCUT2D eigenvalue weighted by Crippen LogP contribution is 2.24. The fraction of sp³-hybridized carbons (Fsp3) is 0.333. The number of hydrogen-bond acceptors (Lipinski definition) is 4. The first-order valence-electron chi connectivity index (χ1n) is 6.64. The van der Waals surface area contributed by atoms with E-state index < -0.39 is 0 Å². The van der Waals surface area contributed by atoms with Gasteiger partial charge >= 0.3 is 0 Å². The van der Waals surface area contributed by atoms with Crippen molar-refractivity contribution >= 4 is 11.6 Å². The van der Waals surface area contributed by atoms with Crippen molar-refractivity contribution in [1.82, 2.24) is 4.98 Å². The standard InChI is InChI=1S/C15H19N3O2/c1-10-11(2)20-15(17-10)12-5-3-6-13(9-12)18-14(19)7-4-8-16/h3,5-6,9H,4,7-8,16H2,1-2H3,(H,18,19). The van der Waals surface area contributed by atoms with Crippen LogP contribution in [-0.4, -0.2) is 17.4 Å². The molecular weight excluding hydrogens is 254 g/mol. The van der Waals surface area contributed by atoms with Crippen LogP contribution in [0, 0.1) is 13.8 Å². The Hall–Kier alpha value is -2.14. The molecule has 2 aromatic rings. The van der Waals surface area contributed by atoms with Crippen molar-refractivity contribution in [2.75, 3.05) is 11.9 Å². The summed E-state index contributed by atoms with van der Waals surface area (Å²) in [5.74, 6) is 1.34. The maximum absolute atomic E-state index is 11.7. The van der Waals surface area contributed by atoms with E-state index in [1.165, 1.54) is 0 Å². The summed E-state index contributed by atoms with van der Waals surface area (Å²) in [6, 6.07) is 7.46. The number of hydrogen-bond donors (Lipinski definition) is 2. The van der Waals surface area contributed by atoms with Crippen molar-refractivity contribution in [3.05, 3.63) is 35.7 Å². The van der Waals surface area contributed by atoms with E-state index in [1.807, 2.05) is 38.1 Å². The van der Waals surface area contributed by atoms with Gasteiger partial charge in [0.25, 0.3) is 0 Å². The average Bonchev–Trinajstić information content (AvgIpc) is 2.77. The van der Waals surface area contributed by atoms with Crippen molar-refractivity contribution in [3.63, 3.8) is 0 Å². The lowest BCUT2D eigenvalue weighted by Gasteiger charge is -2.05. The molecule has 1 heterocycles. The van der Waals surface area contributed by atoms with Crippen LogP contribution >= 0.6 is 0 Å². The molecule has 0 saturated carbocycles. The van der Waals surface area contributed by atoms with Crippen molar-refractivity contribution in [3.8, 4) is 11.5 Å². The van der Waals surface area contributed by atoms with E-state index in [2.05, 4.69) is 10.3 Å². The van der Waals surface area contributed by atoms with Gasteiger partial charge in [0.1, 0.15) is 5.76 Å². The Bertz CT molecular complexity index is 585. The van der Waals surface area contributed by atoms with E-state index in [4.69, 9.17) is 10.2 Å². The zero-order valence-electron chi connectivity index (χ0n) is 11.8. The Morgan fingerprint density at radius 3 is 2.85 bits per heavy atom. The van der Waals surface area contributed by atoms with Crippen LogP contribution in [0.1, 0.15) is 24.3 Å². The highest BCUT2D eigenvalue weighted by Gasteiger charge is 2.09. The molecule has 1 amide bonds. The first-order valence-corrected chi connectivity index (χ1v) is 6.64. The topological polar surface area (TPSA) is 81.2 Å². The lowest BCUT2D eigenvalue weighted by Crippen LogP contribution is -2.13. The largest absolute Gasteiger partial charge is 0.441 e. The van der Waals surface area contributed by atoms with Crippen molar-refractivity contribution in [1.29, 1.82) is 0 Å². The van der Waals surface area contributed by atoms with Gasteiger partial charge in [0.15, 0.2) is 0 Å². The Labute approximate surface area is 118 Å². The van der Waals surface area contributed by atoms with Crippen LogP contribution in [0.15, 0.2) is 28.7 Å². The normalized spacial score (nSPS) is 10.6. The molecule has 0 aliphatic carbocycles. The third-order valence-electron chi connectivity index (χ3n) is 3.03. The molecule has 0 radical (unpaired) electrons. The number of oxazole rings is 1. The number of benzene rings is 1. The molecule has 1 aromatic carbocycles. The van der Waals surface area contributed by atoms with Gasteiger partial charge in [-0.2, -0.15) is 0 Å². The molecule has 0 aliphatic heterocycles. The third-order valence-corrected chi connectivity index (χ3v) is 3.03. The summed E-state index contributed by atoms with van der Waals surface area (Å²) in [4.78, 5) is 16.0. The highest BCUT2D eigenvalue weighted by atomic mass is 16.4. The Morgan fingerprint density at radius 2 is 2.20 bits per heavy atom.